The molecule has 21 heavy (non-hydrogen) atoms. The normalized spacial score (nSPS) is 17.3. The first kappa shape index (κ1) is 13.9. The zero-order valence-corrected chi connectivity index (χ0v) is 11.4. The van der Waals surface area contributed by atoms with Crippen molar-refractivity contribution in [2.75, 3.05) is 6.54 Å². The van der Waals surface area contributed by atoms with E-state index in [9.17, 15) is 13.6 Å². The minimum Gasteiger partial charge on any atom is -0.303 e. The lowest BCUT2D eigenvalue weighted by molar-refractivity contribution is -0.120. The zero-order chi connectivity index (χ0) is 14.8. The van der Waals surface area contributed by atoms with Gasteiger partial charge in [0.2, 0.25) is 0 Å². The van der Waals surface area contributed by atoms with E-state index >= 15 is 0 Å². The maximum Gasteiger partial charge on any atom is 0.162 e. The molecule has 1 unspecified atom stereocenters. The molecule has 0 spiro atoms. The molecule has 0 aromatic heterocycles. The molecule has 1 N–H and O–H groups in total. The third kappa shape index (κ3) is 2.72. The molecule has 0 amide bonds. The van der Waals surface area contributed by atoms with Crippen LogP contribution in [-0.4, -0.2) is 12.3 Å². The standard InChI is InChI=1S/C17H15F2NO/c18-14-7-3-5-12(16(14)19)10-15(21)17-13-6-2-1-4-11(13)8-9-20-17/h1-7,17,20H,8-10H2. The van der Waals surface area contributed by atoms with Crippen molar-refractivity contribution in [1.29, 1.82) is 0 Å². The first-order chi connectivity index (χ1) is 10.2. The van der Waals surface area contributed by atoms with E-state index in [-0.39, 0.29) is 17.8 Å². The van der Waals surface area contributed by atoms with Crippen LogP contribution in [0.25, 0.3) is 0 Å². The van der Waals surface area contributed by atoms with Crippen LogP contribution in [0.5, 0.6) is 0 Å². The molecular weight excluding hydrogens is 272 g/mol. The second-order valence-corrected chi connectivity index (χ2v) is 5.19. The molecule has 0 saturated carbocycles. The second-order valence-electron chi connectivity index (χ2n) is 5.19. The van der Waals surface area contributed by atoms with Crippen LogP contribution >= 0.6 is 0 Å². The molecule has 0 aliphatic carbocycles. The molecule has 1 heterocycles. The molecule has 0 bridgehead atoms. The Morgan fingerprint density at radius 2 is 1.95 bits per heavy atom. The van der Waals surface area contributed by atoms with Crippen LogP contribution in [0.4, 0.5) is 8.78 Å². The van der Waals surface area contributed by atoms with Crippen molar-refractivity contribution < 1.29 is 13.6 Å². The van der Waals surface area contributed by atoms with Gasteiger partial charge in [-0.25, -0.2) is 8.78 Å². The Labute approximate surface area is 121 Å². The second kappa shape index (κ2) is 5.74. The van der Waals surface area contributed by atoms with E-state index in [1.54, 1.807) is 0 Å². The van der Waals surface area contributed by atoms with Crippen LogP contribution in [0, 0.1) is 11.6 Å². The van der Waals surface area contributed by atoms with E-state index in [0.717, 1.165) is 23.6 Å². The van der Waals surface area contributed by atoms with E-state index in [4.69, 9.17) is 0 Å². The molecule has 4 heteroatoms. The Bertz CT molecular complexity index is 684. The van der Waals surface area contributed by atoms with Gasteiger partial charge in [-0.2, -0.15) is 0 Å². The maximum absolute atomic E-state index is 13.7. The van der Waals surface area contributed by atoms with Gasteiger partial charge < -0.3 is 5.32 Å². The lowest BCUT2D eigenvalue weighted by Gasteiger charge is -2.26. The van der Waals surface area contributed by atoms with Crippen LogP contribution < -0.4 is 5.32 Å². The monoisotopic (exact) mass is 287 g/mol. The lowest BCUT2D eigenvalue weighted by Crippen LogP contribution is -2.36. The van der Waals surface area contributed by atoms with Gasteiger partial charge in [0.15, 0.2) is 17.4 Å². The van der Waals surface area contributed by atoms with Crippen molar-refractivity contribution in [3.8, 4) is 0 Å². The fourth-order valence-corrected chi connectivity index (χ4v) is 2.77. The highest BCUT2D eigenvalue weighted by Crippen LogP contribution is 2.25. The molecule has 1 aliphatic rings. The zero-order valence-electron chi connectivity index (χ0n) is 11.4. The Balaban J connectivity index is 1.85. The number of fused-ring (bicyclic) bond motifs is 1. The van der Waals surface area contributed by atoms with Gasteiger partial charge in [-0.15, -0.1) is 0 Å². The van der Waals surface area contributed by atoms with Crippen LogP contribution in [-0.2, 0) is 17.6 Å². The summed E-state index contributed by atoms with van der Waals surface area (Å²) in [4.78, 5) is 12.4. The predicted molar refractivity (Wildman–Crippen MR) is 76.0 cm³/mol. The van der Waals surface area contributed by atoms with Crippen LogP contribution in [0.3, 0.4) is 0 Å². The molecule has 1 aliphatic heterocycles. The Hall–Kier alpha value is -2.07. The molecule has 2 aromatic carbocycles. The smallest absolute Gasteiger partial charge is 0.162 e. The van der Waals surface area contributed by atoms with Gasteiger partial charge in [0.1, 0.15) is 0 Å². The third-order valence-corrected chi connectivity index (χ3v) is 3.83. The number of rotatable bonds is 3. The summed E-state index contributed by atoms with van der Waals surface area (Å²) in [7, 11) is 0. The van der Waals surface area contributed by atoms with Gasteiger partial charge in [-0.1, -0.05) is 36.4 Å². The van der Waals surface area contributed by atoms with Crippen LogP contribution in [0.2, 0.25) is 0 Å². The van der Waals surface area contributed by atoms with Gasteiger partial charge in [0.05, 0.1) is 6.04 Å². The number of hydrogen-bond donors (Lipinski definition) is 1. The van der Waals surface area contributed by atoms with Gasteiger partial charge in [0.25, 0.3) is 0 Å². The Morgan fingerprint density at radius 3 is 2.81 bits per heavy atom. The molecule has 2 aromatic rings. The molecule has 108 valence electrons. The number of carbonyl (C=O) groups excluding carboxylic acids is 1. The molecule has 3 rings (SSSR count). The van der Waals surface area contributed by atoms with Crippen LogP contribution in [0.15, 0.2) is 42.5 Å². The molecule has 0 fully saturated rings. The van der Waals surface area contributed by atoms with Crippen molar-refractivity contribution in [3.05, 3.63) is 70.8 Å². The summed E-state index contributed by atoms with van der Waals surface area (Å²) < 4.78 is 26.9. The SMILES string of the molecule is O=C(Cc1cccc(F)c1F)C1NCCc2ccccc21. The van der Waals surface area contributed by atoms with Gasteiger partial charge in [-0.05, 0) is 29.2 Å². The number of nitrogens with one attached hydrogen (secondary N) is 1. The average molecular weight is 287 g/mol. The highest BCUT2D eigenvalue weighted by Gasteiger charge is 2.26. The van der Waals surface area contributed by atoms with E-state index in [1.165, 1.54) is 12.1 Å². The largest absolute Gasteiger partial charge is 0.303 e. The summed E-state index contributed by atoms with van der Waals surface area (Å²) in [5.41, 5.74) is 2.17. The van der Waals surface area contributed by atoms with Crippen molar-refractivity contribution in [1.82, 2.24) is 5.32 Å². The summed E-state index contributed by atoms with van der Waals surface area (Å²) in [6.07, 6.45) is 0.754. The number of ketones is 1. The van der Waals surface area contributed by atoms with E-state index < -0.39 is 17.7 Å². The van der Waals surface area contributed by atoms with Crippen molar-refractivity contribution in [2.45, 2.75) is 18.9 Å². The molecule has 0 saturated heterocycles. The first-order valence-corrected chi connectivity index (χ1v) is 6.93. The van der Waals surface area contributed by atoms with Crippen molar-refractivity contribution >= 4 is 5.78 Å². The third-order valence-electron chi connectivity index (χ3n) is 3.83. The summed E-state index contributed by atoms with van der Waals surface area (Å²) in [6, 6.07) is 11.2. The maximum atomic E-state index is 13.7. The highest BCUT2D eigenvalue weighted by molar-refractivity contribution is 5.88. The van der Waals surface area contributed by atoms with Gasteiger partial charge in [-0.3, -0.25) is 4.79 Å². The van der Waals surface area contributed by atoms with Gasteiger partial charge in [0, 0.05) is 13.0 Å². The Morgan fingerprint density at radius 1 is 1.14 bits per heavy atom. The number of carbonyl (C=O) groups is 1. The van der Waals surface area contributed by atoms with E-state index in [2.05, 4.69) is 5.32 Å². The summed E-state index contributed by atoms with van der Waals surface area (Å²) in [5.74, 6) is -2.00. The number of benzene rings is 2. The molecular formula is C17H15F2NO. The fourth-order valence-electron chi connectivity index (χ4n) is 2.77. The lowest BCUT2D eigenvalue weighted by atomic mass is 9.90. The minimum atomic E-state index is -0.935. The van der Waals surface area contributed by atoms with Crippen LogP contribution in [0.1, 0.15) is 22.7 Å². The number of Topliss-reactive ketones (excluding diaryl/α,β-unsaturated/α-hetero) is 1. The van der Waals surface area contributed by atoms with E-state index in [0.29, 0.717) is 6.54 Å². The van der Waals surface area contributed by atoms with Gasteiger partial charge >= 0.3 is 0 Å². The quantitative estimate of drug-likeness (QED) is 0.940. The highest BCUT2D eigenvalue weighted by atomic mass is 19.2. The summed E-state index contributed by atoms with van der Waals surface area (Å²) in [5, 5.41) is 3.16. The number of halogens is 2. The van der Waals surface area contributed by atoms with E-state index in [1.807, 2.05) is 24.3 Å². The Kier molecular flexibility index (Phi) is 3.80. The first-order valence-electron chi connectivity index (χ1n) is 6.93. The fraction of sp³-hybridized carbons (Fsp3) is 0.235. The summed E-state index contributed by atoms with van der Waals surface area (Å²) in [6.45, 7) is 0.707. The molecule has 1 atom stereocenters. The topological polar surface area (TPSA) is 29.1 Å². The minimum absolute atomic E-state index is 0.102. The average Bonchev–Trinajstić information content (AvgIpc) is 2.51. The molecule has 2 nitrogen and oxygen atoms in total. The molecule has 0 radical (unpaired) electrons. The van der Waals surface area contributed by atoms with Crippen molar-refractivity contribution in [3.63, 3.8) is 0 Å². The predicted octanol–water partition coefficient (Wildman–Crippen LogP) is 2.96. The number of hydrogen-bond acceptors (Lipinski definition) is 2. The van der Waals surface area contributed by atoms with Crippen molar-refractivity contribution in [2.24, 2.45) is 0 Å². The summed E-state index contributed by atoms with van der Waals surface area (Å²) >= 11 is 0.